The summed E-state index contributed by atoms with van der Waals surface area (Å²) in [6, 6.07) is 11.5. The van der Waals surface area contributed by atoms with E-state index >= 15 is 0 Å². The molecule has 1 fully saturated rings. The summed E-state index contributed by atoms with van der Waals surface area (Å²) in [6.07, 6.45) is 0.425. The molecule has 1 aliphatic heterocycles. The lowest BCUT2D eigenvalue weighted by Gasteiger charge is -2.17. The lowest BCUT2D eigenvalue weighted by atomic mass is 10.2. The van der Waals surface area contributed by atoms with E-state index in [2.05, 4.69) is 15.3 Å². The highest BCUT2D eigenvalue weighted by molar-refractivity contribution is 6.29. The average molecular weight is 318 g/mol. The maximum Gasteiger partial charge on any atom is 0.225 e. The van der Waals surface area contributed by atoms with E-state index in [0.29, 0.717) is 25.3 Å². The van der Waals surface area contributed by atoms with Gasteiger partial charge in [-0.15, -0.1) is 0 Å². The van der Waals surface area contributed by atoms with Gasteiger partial charge < -0.3 is 16.0 Å². The molecular formula is C15H16ClN5O. The minimum Gasteiger partial charge on any atom is -0.368 e. The van der Waals surface area contributed by atoms with Crippen molar-refractivity contribution in [1.82, 2.24) is 14.9 Å². The summed E-state index contributed by atoms with van der Waals surface area (Å²) in [5, 5.41) is 3.47. The second-order valence-corrected chi connectivity index (χ2v) is 5.63. The molecule has 0 radical (unpaired) electrons. The van der Waals surface area contributed by atoms with Crippen LogP contribution >= 0.6 is 11.6 Å². The Labute approximate surface area is 133 Å². The van der Waals surface area contributed by atoms with Crippen LogP contribution < -0.4 is 11.1 Å². The van der Waals surface area contributed by atoms with E-state index in [-0.39, 0.29) is 23.1 Å². The fourth-order valence-corrected chi connectivity index (χ4v) is 2.73. The largest absolute Gasteiger partial charge is 0.368 e. The normalized spacial score (nSPS) is 17.8. The number of benzene rings is 1. The Bertz CT molecular complexity index is 659. The second-order valence-electron chi connectivity index (χ2n) is 5.24. The van der Waals surface area contributed by atoms with Crippen LogP contribution in [0, 0.1) is 0 Å². The van der Waals surface area contributed by atoms with Gasteiger partial charge in [0.15, 0.2) is 0 Å². The van der Waals surface area contributed by atoms with Crippen LogP contribution in [0.3, 0.4) is 0 Å². The molecule has 114 valence electrons. The van der Waals surface area contributed by atoms with Crippen molar-refractivity contribution in [3.05, 3.63) is 47.1 Å². The van der Waals surface area contributed by atoms with E-state index < -0.39 is 0 Å². The van der Waals surface area contributed by atoms with Crippen LogP contribution in [0.5, 0.6) is 0 Å². The molecule has 1 amide bonds. The highest BCUT2D eigenvalue weighted by Crippen LogP contribution is 2.20. The third-order valence-corrected chi connectivity index (χ3v) is 3.69. The van der Waals surface area contributed by atoms with Crippen LogP contribution in [0.15, 0.2) is 36.4 Å². The summed E-state index contributed by atoms with van der Waals surface area (Å²) in [6.45, 7) is 1.24. The number of nitrogens with two attached hydrogens (primary N) is 1. The highest BCUT2D eigenvalue weighted by atomic mass is 35.5. The summed E-state index contributed by atoms with van der Waals surface area (Å²) in [5.74, 6) is 0.770. The molecule has 3 N–H and O–H groups in total. The molecule has 22 heavy (non-hydrogen) atoms. The maximum atomic E-state index is 12.1. The van der Waals surface area contributed by atoms with Gasteiger partial charge in [-0.3, -0.25) is 4.79 Å². The Morgan fingerprint density at radius 3 is 2.82 bits per heavy atom. The number of aromatic nitrogens is 2. The van der Waals surface area contributed by atoms with Gasteiger partial charge in [-0.25, -0.2) is 4.98 Å². The maximum absolute atomic E-state index is 12.1. The van der Waals surface area contributed by atoms with E-state index in [1.54, 1.807) is 6.07 Å². The average Bonchev–Trinajstić information content (AvgIpc) is 2.78. The number of hydrogen-bond donors (Lipinski definition) is 2. The quantitative estimate of drug-likeness (QED) is 0.842. The zero-order valence-electron chi connectivity index (χ0n) is 11.9. The molecule has 6 nitrogen and oxygen atoms in total. The molecule has 2 aromatic rings. The molecule has 2 heterocycles. The van der Waals surface area contributed by atoms with Crippen LogP contribution in [0.25, 0.3) is 0 Å². The molecule has 1 unspecified atom stereocenters. The number of carbonyl (C=O) groups excluding carboxylic acids is 1. The molecule has 0 bridgehead atoms. The summed E-state index contributed by atoms with van der Waals surface area (Å²) >= 11 is 5.85. The number of likely N-dealkylation sites (tertiary alicyclic amines) is 1. The van der Waals surface area contributed by atoms with Crippen LogP contribution in [-0.2, 0) is 11.3 Å². The summed E-state index contributed by atoms with van der Waals surface area (Å²) in [7, 11) is 0. The number of nitrogen functional groups attached to an aromatic ring is 1. The Balaban J connectivity index is 1.64. The summed E-state index contributed by atoms with van der Waals surface area (Å²) < 4.78 is 0. The zero-order valence-corrected chi connectivity index (χ0v) is 12.6. The lowest BCUT2D eigenvalue weighted by Crippen LogP contribution is -2.27. The second kappa shape index (κ2) is 6.19. The van der Waals surface area contributed by atoms with Crippen molar-refractivity contribution >= 4 is 29.3 Å². The standard InChI is InChI=1S/C15H16ClN5O/c16-12-7-13(20-15(17)19-12)18-11-6-14(22)21(9-11)8-10-4-2-1-3-5-10/h1-5,7,11H,6,8-9H2,(H3,17,18,19,20). The van der Waals surface area contributed by atoms with Crippen LogP contribution in [0.1, 0.15) is 12.0 Å². The van der Waals surface area contributed by atoms with Crippen molar-refractivity contribution in [2.75, 3.05) is 17.6 Å². The first-order valence-corrected chi connectivity index (χ1v) is 7.36. The molecule has 0 spiro atoms. The van der Waals surface area contributed by atoms with Gasteiger partial charge in [0.05, 0.1) is 6.04 Å². The van der Waals surface area contributed by atoms with Gasteiger partial charge in [0.2, 0.25) is 11.9 Å². The van der Waals surface area contributed by atoms with Crippen molar-refractivity contribution in [2.45, 2.75) is 19.0 Å². The van der Waals surface area contributed by atoms with E-state index in [1.807, 2.05) is 35.2 Å². The number of hydrogen-bond acceptors (Lipinski definition) is 5. The first-order valence-electron chi connectivity index (χ1n) is 6.98. The van der Waals surface area contributed by atoms with Gasteiger partial charge >= 0.3 is 0 Å². The molecular weight excluding hydrogens is 302 g/mol. The fourth-order valence-electron chi connectivity index (χ4n) is 2.54. The van der Waals surface area contributed by atoms with E-state index in [4.69, 9.17) is 17.3 Å². The third kappa shape index (κ3) is 3.46. The SMILES string of the molecule is Nc1nc(Cl)cc(NC2CC(=O)N(Cc3ccccc3)C2)n1. The lowest BCUT2D eigenvalue weighted by molar-refractivity contribution is -0.128. The van der Waals surface area contributed by atoms with E-state index in [0.717, 1.165) is 5.56 Å². The zero-order chi connectivity index (χ0) is 15.5. The topological polar surface area (TPSA) is 84.1 Å². The van der Waals surface area contributed by atoms with Crippen LogP contribution in [0.4, 0.5) is 11.8 Å². The predicted octanol–water partition coefficient (Wildman–Crippen LogP) is 1.93. The first-order chi connectivity index (χ1) is 10.6. The summed E-state index contributed by atoms with van der Waals surface area (Å²) in [4.78, 5) is 21.8. The molecule has 1 aromatic carbocycles. The Morgan fingerprint density at radius 1 is 1.32 bits per heavy atom. The van der Waals surface area contributed by atoms with Crippen LogP contribution in [-0.4, -0.2) is 33.4 Å². The van der Waals surface area contributed by atoms with Crippen molar-refractivity contribution < 1.29 is 4.79 Å². The van der Waals surface area contributed by atoms with Gasteiger partial charge in [0.25, 0.3) is 0 Å². The number of nitrogens with zero attached hydrogens (tertiary/aromatic N) is 3. The van der Waals surface area contributed by atoms with Gasteiger partial charge in [0.1, 0.15) is 11.0 Å². The number of amides is 1. The van der Waals surface area contributed by atoms with Gasteiger partial charge in [-0.2, -0.15) is 4.98 Å². The predicted molar refractivity (Wildman–Crippen MR) is 85.3 cm³/mol. The molecule has 1 aliphatic rings. The van der Waals surface area contributed by atoms with Gasteiger partial charge in [-0.1, -0.05) is 41.9 Å². The van der Waals surface area contributed by atoms with Crippen molar-refractivity contribution in [2.24, 2.45) is 0 Å². The minimum absolute atomic E-state index is 0.0124. The van der Waals surface area contributed by atoms with Gasteiger partial charge in [0, 0.05) is 25.6 Å². The highest BCUT2D eigenvalue weighted by Gasteiger charge is 2.29. The van der Waals surface area contributed by atoms with Crippen molar-refractivity contribution in [3.8, 4) is 0 Å². The molecule has 1 saturated heterocycles. The first kappa shape index (κ1) is 14.6. The molecule has 1 atom stereocenters. The summed E-state index contributed by atoms with van der Waals surface area (Å²) in [5.41, 5.74) is 6.68. The van der Waals surface area contributed by atoms with Crippen molar-refractivity contribution in [3.63, 3.8) is 0 Å². The van der Waals surface area contributed by atoms with Crippen molar-refractivity contribution in [1.29, 1.82) is 0 Å². The molecule has 0 aliphatic carbocycles. The van der Waals surface area contributed by atoms with E-state index in [1.165, 1.54) is 0 Å². The third-order valence-electron chi connectivity index (χ3n) is 3.49. The minimum atomic E-state index is -0.0124. The Kier molecular flexibility index (Phi) is 4.11. The van der Waals surface area contributed by atoms with E-state index in [9.17, 15) is 4.79 Å². The smallest absolute Gasteiger partial charge is 0.225 e. The number of rotatable bonds is 4. The number of halogens is 1. The van der Waals surface area contributed by atoms with Crippen LogP contribution in [0.2, 0.25) is 5.15 Å². The molecule has 0 saturated carbocycles. The Hall–Kier alpha value is -2.34. The molecule has 3 rings (SSSR count). The number of nitrogens with one attached hydrogen (secondary N) is 1. The monoisotopic (exact) mass is 317 g/mol. The number of anilines is 2. The fraction of sp³-hybridized carbons (Fsp3) is 0.267. The Morgan fingerprint density at radius 2 is 2.09 bits per heavy atom. The molecule has 7 heteroatoms. The molecule has 1 aromatic heterocycles. The van der Waals surface area contributed by atoms with Gasteiger partial charge in [-0.05, 0) is 5.56 Å². The number of carbonyl (C=O) groups is 1.